The maximum atomic E-state index is 11.5. The highest BCUT2D eigenvalue weighted by Gasteiger charge is 2.32. The van der Waals surface area contributed by atoms with Crippen molar-refractivity contribution in [3.05, 3.63) is 0 Å². The number of hydrogen-bond acceptors (Lipinski definition) is 4. The van der Waals surface area contributed by atoms with Crippen LogP contribution in [0.25, 0.3) is 0 Å². The third-order valence-corrected chi connectivity index (χ3v) is 4.21. The van der Waals surface area contributed by atoms with Crippen LogP contribution in [-0.4, -0.2) is 36.4 Å². The molecule has 0 saturated heterocycles. The number of nitrogens with one attached hydrogen (secondary N) is 1. The molecule has 4 heteroatoms. The molecule has 1 atom stereocenters. The first-order chi connectivity index (χ1) is 9.00. The van der Waals surface area contributed by atoms with Crippen LogP contribution in [-0.2, 0) is 9.53 Å². The molecule has 2 N–H and O–H groups in total. The Balaban J connectivity index is 2.23. The molecule has 1 aliphatic rings. The fourth-order valence-electron chi connectivity index (χ4n) is 2.69. The van der Waals surface area contributed by atoms with E-state index in [1.165, 1.54) is 6.42 Å². The van der Waals surface area contributed by atoms with E-state index in [9.17, 15) is 9.90 Å². The lowest BCUT2D eigenvalue weighted by Crippen LogP contribution is -2.45. The van der Waals surface area contributed by atoms with Gasteiger partial charge in [-0.15, -0.1) is 0 Å². The van der Waals surface area contributed by atoms with Gasteiger partial charge in [-0.25, -0.2) is 0 Å². The minimum atomic E-state index is -0.583. The molecule has 0 aromatic rings. The molecule has 4 nitrogen and oxygen atoms in total. The fraction of sp³-hybridized carbons (Fsp3) is 0.933. The summed E-state index contributed by atoms with van der Waals surface area (Å²) < 4.78 is 4.96. The quantitative estimate of drug-likeness (QED) is 0.696. The first-order valence-electron chi connectivity index (χ1n) is 7.60. The van der Waals surface area contributed by atoms with Gasteiger partial charge in [0, 0.05) is 13.1 Å². The zero-order chi connectivity index (χ0) is 14.3. The average Bonchev–Trinajstić information content (AvgIpc) is 2.39. The minimum absolute atomic E-state index is 0.157. The molecule has 0 heterocycles. The second kappa shape index (κ2) is 7.85. The first kappa shape index (κ1) is 16.4. The number of esters is 1. The molecule has 1 rings (SSSR count). The molecule has 1 aliphatic carbocycles. The maximum Gasteiger partial charge on any atom is 0.309 e. The van der Waals surface area contributed by atoms with E-state index < -0.39 is 5.60 Å². The zero-order valence-electron chi connectivity index (χ0n) is 12.6. The van der Waals surface area contributed by atoms with Gasteiger partial charge in [0.15, 0.2) is 0 Å². The Labute approximate surface area is 116 Å². The van der Waals surface area contributed by atoms with Gasteiger partial charge in [0.05, 0.1) is 18.1 Å². The topological polar surface area (TPSA) is 58.6 Å². The fourth-order valence-corrected chi connectivity index (χ4v) is 2.69. The number of carbonyl (C=O) groups excluding carboxylic acids is 1. The van der Waals surface area contributed by atoms with E-state index >= 15 is 0 Å². The Morgan fingerprint density at radius 3 is 2.58 bits per heavy atom. The Kier molecular flexibility index (Phi) is 6.80. The molecular formula is C15H29NO3. The van der Waals surface area contributed by atoms with E-state index in [0.717, 1.165) is 31.6 Å². The molecule has 0 aliphatic heterocycles. The zero-order valence-corrected chi connectivity index (χ0v) is 12.6. The van der Waals surface area contributed by atoms with Gasteiger partial charge < -0.3 is 15.2 Å². The molecule has 0 amide bonds. The summed E-state index contributed by atoms with van der Waals surface area (Å²) in [6, 6.07) is 0. The Hall–Kier alpha value is -0.610. The normalized spacial score (nSPS) is 28.9. The molecule has 0 aromatic carbocycles. The second-order valence-electron chi connectivity index (χ2n) is 5.86. The molecule has 0 bridgehead atoms. The molecule has 1 unspecified atom stereocenters. The van der Waals surface area contributed by atoms with Crippen molar-refractivity contribution in [2.75, 3.05) is 19.7 Å². The molecular weight excluding hydrogens is 242 g/mol. The standard InChI is InChI=1S/C15H29NO3/c1-4-13-6-8-15(18,9-7-13)11-16-10-12(3)14(17)19-5-2/h12-13,16,18H,4-11H2,1-3H3. The van der Waals surface area contributed by atoms with E-state index in [1.807, 2.05) is 13.8 Å². The van der Waals surface area contributed by atoms with Crippen LogP contribution in [0.4, 0.5) is 0 Å². The van der Waals surface area contributed by atoms with Gasteiger partial charge in [0.1, 0.15) is 0 Å². The molecule has 112 valence electrons. The summed E-state index contributed by atoms with van der Waals surface area (Å²) in [5.74, 6) is 0.450. The SMILES string of the molecule is CCOC(=O)C(C)CNCC1(O)CCC(CC)CC1. The highest BCUT2D eigenvalue weighted by atomic mass is 16.5. The molecule has 0 spiro atoms. The van der Waals surface area contributed by atoms with Gasteiger partial charge in [0.2, 0.25) is 0 Å². The third kappa shape index (κ3) is 5.49. The molecule has 19 heavy (non-hydrogen) atoms. The number of rotatable bonds is 7. The maximum absolute atomic E-state index is 11.5. The summed E-state index contributed by atoms with van der Waals surface area (Å²) in [6.07, 6.45) is 5.17. The van der Waals surface area contributed by atoms with Gasteiger partial charge in [-0.2, -0.15) is 0 Å². The van der Waals surface area contributed by atoms with Crippen LogP contribution >= 0.6 is 0 Å². The summed E-state index contributed by atoms with van der Waals surface area (Å²) >= 11 is 0. The van der Waals surface area contributed by atoms with Crippen molar-refractivity contribution in [1.82, 2.24) is 5.32 Å². The van der Waals surface area contributed by atoms with Crippen LogP contribution in [0.5, 0.6) is 0 Å². The van der Waals surface area contributed by atoms with Crippen molar-refractivity contribution < 1.29 is 14.6 Å². The molecule has 0 aromatic heterocycles. The van der Waals surface area contributed by atoms with Crippen LogP contribution in [0.1, 0.15) is 52.9 Å². The van der Waals surface area contributed by atoms with Gasteiger partial charge in [0.25, 0.3) is 0 Å². The van der Waals surface area contributed by atoms with Crippen molar-refractivity contribution >= 4 is 5.97 Å². The van der Waals surface area contributed by atoms with Crippen molar-refractivity contribution in [1.29, 1.82) is 0 Å². The summed E-state index contributed by atoms with van der Waals surface area (Å²) in [5, 5.41) is 13.7. The van der Waals surface area contributed by atoms with E-state index in [1.54, 1.807) is 0 Å². The van der Waals surface area contributed by atoms with Gasteiger partial charge in [-0.1, -0.05) is 20.3 Å². The lowest BCUT2D eigenvalue weighted by atomic mass is 9.78. The van der Waals surface area contributed by atoms with Crippen LogP contribution < -0.4 is 5.32 Å². The smallest absolute Gasteiger partial charge is 0.309 e. The number of carbonyl (C=O) groups is 1. The third-order valence-electron chi connectivity index (χ3n) is 4.21. The van der Waals surface area contributed by atoms with Gasteiger partial charge in [-0.3, -0.25) is 4.79 Å². The highest BCUT2D eigenvalue weighted by Crippen LogP contribution is 2.33. The average molecular weight is 271 g/mol. The molecule has 0 radical (unpaired) electrons. The van der Waals surface area contributed by atoms with Crippen molar-refractivity contribution in [3.8, 4) is 0 Å². The Morgan fingerprint density at radius 1 is 1.42 bits per heavy atom. The van der Waals surface area contributed by atoms with Crippen molar-refractivity contribution in [2.45, 2.75) is 58.5 Å². The van der Waals surface area contributed by atoms with Gasteiger partial charge >= 0.3 is 5.97 Å². The number of aliphatic hydroxyl groups is 1. The number of ether oxygens (including phenoxy) is 1. The minimum Gasteiger partial charge on any atom is -0.466 e. The molecule has 1 saturated carbocycles. The van der Waals surface area contributed by atoms with Crippen molar-refractivity contribution in [2.24, 2.45) is 11.8 Å². The van der Waals surface area contributed by atoms with E-state index in [2.05, 4.69) is 12.2 Å². The highest BCUT2D eigenvalue weighted by molar-refractivity contribution is 5.72. The van der Waals surface area contributed by atoms with Crippen LogP contribution in [0.15, 0.2) is 0 Å². The first-order valence-corrected chi connectivity index (χ1v) is 7.60. The van der Waals surface area contributed by atoms with E-state index in [4.69, 9.17) is 4.74 Å². The Bertz CT molecular complexity index is 273. The summed E-state index contributed by atoms with van der Waals surface area (Å²) in [4.78, 5) is 11.5. The van der Waals surface area contributed by atoms with Gasteiger partial charge in [-0.05, 0) is 38.5 Å². The summed E-state index contributed by atoms with van der Waals surface area (Å²) in [5.41, 5.74) is -0.583. The van der Waals surface area contributed by atoms with Crippen LogP contribution in [0.2, 0.25) is 0 Å². The van der Waals surface area contributed by atoms with Crippen LogP contribution in [0.3, 0.4) is 0 Å². The van der Waals surface area contributed by atoms with E-state index in [-0.39, 0.29) is 11.9 Å². The summed E-state index contributed by atoms with van der Waals surface area (Å²) in [6.45, 7) is 7.45. The van der Waals surface area contributed by atoms with E-state index in [0.29, 0.717) is 19.7 Å². The monoisotopic (exact) mass is 271 g/mol. The van der Waals surface area contributed by atoms with Crippen molar-refractivity contribution in [3.63, 3.8) is 0 Å². The second-order valence-corrected chi connectivity index (χ2v) is 5.86. The predicted molar refractivity (Wildman–Crippen MR) is 75.9 cm³/mol. The lowest BCUT2D eigenvalue weighted by Gasteiger charge is -2.36. The molecule has 1 fully saturated rings. The predicted octanol–water partition coefficient (Wildman–Crippen LogP) is 2.11. The largest absolute Gasteiger partial charge is 0.466 e. The van der Waals surface area contributed by atoms with Crippen LogP contribution in [0, 0.1) is 11.8 Å². The number of hydrogen-bond donors (Lipinski definition) is 2. The Morgan fingerprint density at radius 2 is 2.05 bits per heavy atom. The lowest BCUT2D eigenvalue weighted by molar-refractivity contribution is -0.147. The summed E-state index contributed by atoms with van der Waals surface area (Å²) in [7, 11) is 0.